The van der Waals surface area contributed by atoms with Crippen LogP contribution in [-0.2, 0) is 11.4 Å². The second-order valence-electron chi connectivity index (χ2n) is 3.53. The van der Waals surface area contributed by atoms with Gasteiger partial charge in [-0.2, -0.15) is 0 Å². The Morgan fingerprint density at radius 2 is 1.20 bits per heavy atom. The van der Waals surface area contributed by atoms with Gasteiger partial charge in [-0.3, -0.25) is 0 Å². The molecule has 0 saturated heterocycles. The maximum absolute atomic E-state index is 5.81. The summed E-state index contributed by atoms with van der Waals surface area (Å²) >= 11 is -5.18. The van der Waals surface area contributed by atoms with Gasteiger partial charge in [0, 0.05) is 0 Å². The summed E-state index contributed by atoms with van der Waals surface area (Å²) in [5.74, 6) is 12.6. The molecule has 0 unspecified atom stereocenters. The standard InChI is InChI=1S/6CH3.5Al.4O/h6*1H3;;;;;;;;;. The van der Waals surface area contributed by atoms with E-state index < -0.39 is 58.9 Å². The third-order valence-electron chi connectivity index (χ3n) is 1.56. The van der Waals surface area contributed by atoms with Gasteiger partial charge in [0.05, 0.1) is 0 Å². The molecule has 81 valence electrons. The zero-order chi connectivity index (χ0) is 11.8. The second-order valence-corrected chi connectivity index (χ2v) is 13.9. The highest BCUT2D eigenvalue weighted by Gasteiger charge is 2.30. The van der Waals surface area contributed by atoms with E-state index in [1.807, 2.05) is 0 Å². The maximum atomic E-state index is 5.81. The summed E-state index contributed by atoms with van der Waals surface area (Å²) in [6, 6.07) is 0. The van der Waals surface area contributed by atoms with Crippen LogP contribution in [0.4, 0.5) is 0 Å². The summed E-state index contributed by atoms with van der Waals surface area (Å²) in [4.78, 5) is 0. The third-order valence-corrected chi connectivity index (χ3v) is 14.0. The molecule has 0 saturated carbocycles. The fourth-order valence-electron chi connectivity index (χ4n) is 1.21. The van der Waals surface area contributed by atoms with Crippen molar-refractivity contribution in [3.63, 3.8) is 0 Å². The van der Waals surface area contributed by atoms with Crippen LogP contribution in [0.3, 0.4) is 0 Å². The highest BCUT2D eigenvalue weighted by atomic mass is 27.4. The van der Waals surface area contributed by atoms with Crippen LogP contribution in [0.15, 0.2) is 0 Å². The molecule has 0 aliphatic rings. The molecule has 1 radical (unpaired) electrons. The first kappa shape index (κ1) is 17.5. The molecule has 0 fully saturated rings. The van der Waals surface area contributed by atoms with Gasteiger partial charge >= 0.3 is 74.5 Å². The molecule has 15 heavy (non-hydrogen) atoms. The van der Waals surface area contributed by atoms with Gasteiger partial charge in [0.15, 0.2) is 0 Å². The summed E-state index contributed by atoms with van der Waals surface area (Å²) in [5, 5.41) is 0. The highest BCUT2D eigenvalue weighted by Crippen LogP contribution is 2.00. The molecule has 0 aliphatic heterocycles. The zero-order valence-electron chi connectivity index (χ0n) is 10.5. The first-order valence-electron chi connectivity index (χ1n) is 5.35. The lowest BCUT2D eigenvalue weighted by atomic mass is 11.9. The normalized spacial score (nSPS) is 9.73. The Balaban J connectivity index is 3.67. The highest BCUT2D eigenvalue weighted by molar-refractivity contribution is 6.68. The van der Waals surface area contributed by atoms with Crippen LogP contribution in [-0.4, -0.2) is 74.5 Å². The molecule has 0 N–H and O–H groups in total. The maximum Gasteiger partial charge on any atom is 0.612 e. The summed E-state index contributed by atoms with van der Waals surface area (Å²) < 4.78 is 22.8. The van der Waals surface area contributed by atoms with Crippen molar-refractivity contribution in [1.82, 2.24) is 0 Å². The van der Waals surface area contributed by atoms with Crippen LogP contribution in [0.5, 0.6) is 0 Å². The Morgan fingerprint density at radius 1 is 0.733 bits per heavy atom. The monoisotopic (exact) mass is 289 g/mol. The van der Waals surface area contributed by atoms with E-state index in [2.05, 4.69) is 34.7 Å². The van der Waals surface area contributed by atoms with Crippen LogP contribution < -0.4 is 0 Å². The van der Waals surface area contributed by atoms with Gasteiger partial charge < -0.3 is 11.4 Å². The molecule has 4 nitrogen and oxygen atoms in total. The Morgan fingerprint density at radius 3 is 1.67 bits per heavy atom. The molecule has 0 rings (SSSR count). The van der Waals surface area contributed by atoms with Gasteiger partial charge in [0.2, 0.25) is 0 Å². The smallest absolute Gasteiger partial charge is 0.612 e. The minimum absolute atomic E-state index is 0.0945. The van der Waals surface area contributed by atoms with Gasteiger partial charge in [-0.1, -0.05) is 34.7 Å². The summed E-state index contributed by atoms with van der Waals surface area (Å²) in [5.41, 5.74) is 0. The molecule has 0 spiro atoms. The van der Waals surface area contributed by atoms with E-state index in [0.717, 1.165) is 0 Å². The first-order chi connectivity index (χ1) is 6.95. The molecule has 9 heteroatoms. The Kier molecular flexibility index (Phi) is 12.2. The molecule has 0 amide bonds. The van der Waals surface area contributed by atoms with Crippen molar-refractivity contribution in [2.45, 2.75) is 34.7 Å². The molecule has 0 bridgehead atoms. The summed E-state index contributed by atoms with van der Waals surface area (Å²) in [6.07, 6.45) is 0. The van der Waals surface area contributed by atoms with Crippen molar-refractivity contribution >= 4 is 74.5 Å². The van der Waals surface area contributed by atoms with Crippen LogP contribution in [0.25, 0.3) is 0 Å². The summed E-state index contributed by atoms with van der Waals surface area (Å²) in [6.45, 7) is 0. The minimum atomic E-state index is -1.50. The quantitative estimate of drug-likeness (QED) is 0.632. The van der Waals surface area contributed by atoms with E-state index in [1.54, 1.807) is 0 Å². The Bertz CT molecular complexity index is 160. The molecule has 0 atom stereocenters. The van der Waals surface area contributed by atoms with Crippen LogP contribution in [0, 0.1) is 0 Å². The van der Waals surface area contributed by atoms with Crippen molar-refractivity contribution in [2.75, 3.05) is 0 Å². The molecule has 0 aromatic carbocycles. The number of hydrogen-bond donors (Lipinski definition) is 0. The van der Waals surface area contributed by atoms with E-state index in [9.17, 15) is 0 Å². The topological polar surface area (TPSA) is 36.9 Å². The molecule has 0 heterocycles. The van der Waals surface area contributed by atoms with Crippen LogP contribution in [0.1, 0.15) is 0 Å². The Labute approximate surface area is 119 Å². The lowest BCUT2D eigenvalue weighted by Crippen LogP contribution is -2.36. The van der Waals surface area contributed by atoms with E-state index in [1.165, 1.54) is 0 Å². The van der Waals surface area contributed by atoms with Crippen molar-refractivity contribution in [1.29, 1.82) is 0 Å². The molecule has 0 aromatic rings. The van der Waals surface area contributed by atoms with Crippen molar-refractivity contribution in [3.05, 3.63) is 0 Å². The molecular formula is C6H18Al5O4. The second kappa shape index (κ2) is 10.4. The molecule has 0 aromatic heterocycles. The van der Waals surface area contributed by atoms with E-state index in [4.69, 9.17) is 11.4 Å². The van der Waals surface area contributed by atoms with Crippen LogP contribution in [0.2, 0.25) is 34.7 Å². The largest absolute Gasteiger partial charge is 0.622 e. The van der Waals surface area contributed by atoms with Gasteiger partial charge in [-0.15, -0.1) is 0 Å². The van der Waals surface area contributed by atoms with Gasteiger partial charge in [0.25, 0.3) is 0 Å². The van der Waals surface area contributed by atoms with Crippen LogP contribution >= 0.6 is 0 Å². The zero-order valence-corrected chi connectivity index (χ0v) is 16.3. The van der Waals surface area contributed by atoms with Crippen molar-refractivity contribution < 1.29 is 11.4 Å². The lowest BCUT2D eigenvalue weighted by molar-refractivity contribution is 0.357. The number of rotatable bonds is 8. The van der Waals surface area contributed by atoms with Crippen molar-refractivity contribution in [3.8, 4) is 0 Å². The summed E-state index contributed by atoms with van der Waals surface area (Å²) in [7, 11) is 0. The fraction of sp³-hybridized carbons (Fsp3) is 1.00. The minimum Gasteiger partial charge on any atom is -0.622 e. The molecule has 0 aliphatic carbocycles. The SMILES string of the molecule is [CH3][Al][O][Al]([CH3])[O][Al]([CH3])[O][Al]([CH3])[O][Al]([CH3])[CH3]. The lowest BCUT2D eigenvalue weighted by Gasteiger charge is -2.19. The first-order valence-corrected chi connectivity index (χ1v) is 16.0. The fourth-order valence-corrected chi connectivity index (χ4v) is 12.6. The third kappa shape index (κ3) is 11.3. The predicted molar refractivity (Wildman–Crippen MR) is 68.3 cm³/mol. The van der Waals surface area contributed by atoms with Crippen molar-refractivity contribution in [2.24, 2.45) is 0 Å². The van der Waals surface area contributed by atoms with Gasteiger partial charge in [0.1, 0.15) is 0 Å². The molecular weight excluding hydrogens is 271 g/mol. The van der Waals surface area contributed by atoms with E-state index >= 15 is 0 Å². The average molecular weight is 289 g/mol. The predicted octanol–water partition coefficient (Wildman–Crippen LogP) is 1.33. The average Bonchev–Trinajstić information content (AvgIpc) is 2.00. The van der Waals surface area contributed by atoms with E-state index in [-0.39, 0.29) is 15.6 Å². The van der Waals surface area contributed by atoms with Gasteiger partial charge in [-0.25, -0.2) is 0 Å². The number of hydrogen-bond acceptors (Lipinski definition) is 4. The van der Waals surface area contributed by atoms with E-state index in [0.29, 0.717) is 0 Å². The van der Waals surface area contributed by atoms with Gasteiger partial charge in [-0.05, 0) is 0 Å². The Hall–Kier alpha value is 2.50.